The molecule has 74 valence electrons. The molecule has 0 spiro atoms. The molecule has 0 unspecified atom stereocenters. The van der Waals surface area contributed by atoms with E-state index < -0.39 is 0 Å². The molecule has 0 aromatic rings. The molecular formula is C9H15IN2S. The van der Waals surface area contributed by atoms with Crippen molar-refractivity contribution in [2.75, 3.05) is 0 Å². The largest absolute Gasteiger partial charge is 0.242 e. The number of hydrogen-bond acceptors (Lipinski definition) is 3. The predicted molar refractivity (Wildman–Crippen MR) is 69.0 cm³/mol. The second-order valence-electron chi connectivity index (χ2n) is 3.53. The zero-order chi connectivity index (χ0) is 9.84. The van der Waals surface area contributed by atoms with Crippen molar-refractivity contribution in [3.63, 3.8) is 0 Å². The summed E-state index contributed by atoms with van der Waals surface area (Å²) in [5.74, 6) is 0.667. The van der Waals surface area contributed by atoms with Crippen molar-refractivity contribution in [3.8, 4) is 0 Å². The molecule has 0 fully saturated rings. The minimum atomic E-state index is 0.667. The summed E-state index contributed by atoms with van der Waals surface area (Å²) in [6, 6.07) is 0. The van der Waals surface area contributed by atoms with Gasteiger partial charge in [0.2, 0.25) is 0 Å². The van der Waals surface area contributed by atoms with Gasteiger partial charge < -0.3 is 0 Å². The number of nitrogens with one attached hydrogen (secondary N) is 1. The first-order valence-electron chi connectivity index (χ1n) is 4.46. The van der Waals surface area contributed by atoms with E-state index in [0.29, 0.717) is 5.92 Å². The van der Waals surface area contributed by atoms with Gasteiger partial charge in [-0.05, 0) is 31.3 Å². The minimum Gasteiger partial charge on any atom is -0.242 e. The third-order valence-electron chi connectivity index (χ3n) is 2.46. The molecule has 0 aromatic heterocycles. The van der Waals surface area contributed by atoms with E-state index in [2.05, 4.69) is 51.9 Å². The normalized spacial score (nSPS) is 20.5. The maximum absolute atomic E-state index is 4.32. The topological polar surface area (TPSA) is 24.4 Å². The minimum absolute atomic E-state index is 0.667. The van der Waals surface area contributed by atoms with Crippen LogP contribution in [0.15, 0.2) is 16.2 Å². The summed E-state index contributed by atoms with van der Waals surface area (Å²) < 4.78 is 0. The van der Waals surface area contributed by atoms with Gasteiger partial charge in [0, 0.05) is 30.3 Å². The second-order valence-corrected chi connectivity index (χ2v) is 5.19. The van der Waals surface area contributed by atoms with Crippen molar-refractivity contribution in [1.29, 1.82) is 0 Å². The van der Waals surface area contributed by atoms with E-state index in [1.165, 1.54) is 26.8 Å². The van der Waals surface area contributed by atoms with Crippen LogP contribution in [-0.4, -0.2) is 5.71 Å². The molecule has 0 aliphatic heterocycles. The fraction of sp³-hybridized carbons (Fsp3) is 0.667. The summed E-state index contributed by atoms with van der Waals surface area (Å²) in [7, 11) is 1.51. The molecular weight excluding hydrogens is 295 g/mol. The van der Waals surface area contributed by atoms with Gasteiger partial charge in [-0.3, -0.25) is 0 Å². The van der Waals surface area contributed by atoms with Crippen LogP contribution in [0.2, 0.25) is 0 Å². The first-order chi connectivity index (χ1) is 6.16. The molecule has 0 saturated carbocycles. The van der Waals surface area contributed by atoms with Gasteiger partial charge in [-0.25, -0.2) is 4.83 Å². The molecule has 1 aliphatic rings. The van der Waals surface area contributed by atoms with Crippen LogP contribution in [0.3, 0.4) is 0 Å². The molecule has 0 amide bonds. The molecule has 13 heavy (non-hydrogen) atoms. The number of rotatable bonds is 3. The highest BCUT2D eigenvalue weighted by Gasteiger charge is 2.19. The van der Waals surface area contributed by atoms with E-state index in [1.807, 2.05) is 0 Å². The van der Waals surface area contributed by atoms with Crippen LogP contribution in [0.5, 0.6) is 0 Å². The Kier molecular flexibility index (Phi) is 4.58. The van der Waals surface area contributed by atoms with Gasteiger partial charge in [0.1, 0.15) is 0 Å². The lowest BCUT2D eigenvalue weighted by Gasteiger charge is -2.06. The summed E-state index contributed by atoms with van der Waals surface area (Å²) >= 11 is 2.18. The number of halogens is 1. The smallest absolute Gasteiger partial charge is 0.0645 e. The molecule has 1 rings (SSSR count). The molecule has 0 radical (unpaired) electrons. The van der Waals surface area contributed by atoms with Crippen LogP contribution < -0.4 is 4.83 Å². The van der Waals surface area contributed by atoms with Crippen LogP contribution in [0.1, 0.15) is 33.6 Å². The summed E-state index contributed by atoms with van der Waals surface area (Å²) in [5, 5.41) is 4.32. The van der Waals surface area contributed by atoms with Crippen molar-refractivity contribution >= 4 is 36.0 Å². The number of hydrogen-bond donors (Lipinski definition) is 1. The van der Waals surface area contributed by atoms with Gasteiger partial charge >= 0.3 is 0 Å². The van der Waals surface area contributed by atoms with E-state index in [1.54, 1.807) is 5.57 Å². The van der Waals surface area contributed by atoms with Gasteiger partial charge in [0.15, 0.2) is 0 Å². The Bertz CT molecular complexity index is 246. The molecule has 1 aliphatic carbocycles. The summed E-state index contributed by atoms with van der Waals surface area (Å²) in [6.07, 6.45) is 2.29. The predicted octanol–water partition coefficient (Wildman–Crippen LogP) is 3.70. The van der Waals surface area contributed by atoms with Crippen molar-refractivity contribution in [3.05, 3.63) is 11.1 Å². The maximum Gasteiger partial charge on any atom is 0.0645 e. The molecule has 4 heteroatoms. The lowest BCUT2D eigenvalue weighted by Crippen LogP contribution is -2.00. The van der Waals surface area contributed by atoms with Crippen LogP contribution in [0.25, 0.3) is 0 Å². The van der Waals surface area contributed by atoms with Crippen LogP contribution in [-0.2, 0) is 0 Å². The van der Waals surface area contributed by atoms with Crippen LogP contribution >= 0.6 is 30.3 Å². The Morgan fingerprint density at radius 3 is 2.62 bits per heavy atom. The molecule has 0 bridgehead atoms. The summed E-state index contributed by atoms with van der Waals surface area (Å²) in [5.41, 5.74) is 4.19. The highest BCUT2D eigenvalue weighted by Crippen LogP contribution is 2.29. The first-order valence-corrected chi connectivity index (χ1v) is 7.82. The monoisotopic (exact) mass is 310 g/mol. The molecule has 0 saturated heterocycles. The van der Waals surface area contributed by atoms with E-state index >= 15 is 0 Å². The van der Waals surface area contributed by atoms with Gasteiger partial charge in [0.25, 0.3) is 0 Å². The third-order valence-corrected chi connectivity index (χ3v) is 3.21. The maximum atomic E-state index is 4.32. The highest BCUT2D eigenvalue weighted by molar-refractivity contribution is 14.2. The lowest BCUT2D eigenvalue weighted by molar-refractivity contribution is 0.728. The molecule has 0 atom stereocenters. The molecule has 1 N–H and O–H groups in total. The first kappa shape index (κ1) is 11.4. The Morgan fingerprint density at radius 1 is 1.46 bits per heavy atom. The SMILES string of the molecule is CC1=C(C(C)C)CC/C1=N\NSI. The zero-order valence-electron chi connectivity index (χ0n) is 8.22. The van der Waals surface area contributed by atoms with Gasteiger partial charge in [-0.2, -0.15) is 5.10 Å². The average Bonchev–Trinajstić information content (AvgIpc) is 2.43. The van der Waals surface area contributed by atoms with Crippen molar-refractivity contribution in [1.82, 2.24) is 4.83 Å². The Labute approximate surface area is 96.3 Å². The van der Waals surface area contributed by atoms with E-state index in [9.17, 15) is 0 Å². The second kappa shape index (κ2) is 5.24. The average molecular weight is 310 g/mol. The van der Waals surface area contributed by atoms with Gasteiger partial charge in [-0.1, -0.05) is 19.4 Å². The number of allylic oxidation sites excluding steroid dienone is 2. The standard InChI is InChI=1S/C9H15IN2S/c1-6(2)8-4-5-9(7(8)3)11-12-13-10/h6,12H,4-5H2,1-3H3/b11-9+. The third kappa shape index (κ3) is 2.87. The van der Waals surface area contributed by atoms with Gasteiger partial charge in [0.05, 0.1) is 5.71 Å². The zero-order valence-corrected chi connectivity index (χ0v) is 11.2. The number of hydrazone groups is 1. The molecule has 0 heterocycles. The fourth-order valence-electron chi connectivity index (χ4n) is 1.75. The van der Waals surface area contributed by atoms with E-state index in [-0.39, 0.29) is 0 Å². The van der Waals surface area contributed by atoms with Crippen LogP contribution in [0, 0.1) is 5.92 Å². The van der Waals surface area contributed by atoms with E-state index in [4.69, 9.17) is 0 Å². The molecule has 2 nitrogen and oxygen atoms in total. The van der Waals surface area contributed by atoms with Gasteiger partial charge in [-0.15, -0.1) is 0 Å². The van der Waals surface area contributed by atoms with Crippen molar-refractivity contribution < 1.29 is 0 Å². The Morgan fingerprint density at radius 2 is 2.15 bits per heavy atom. The Hall–Kier alpha value is 0.290. The highest BCUT2D eigenvalue weighted by atomic mass is 127. The molecule has 0 aromatic carbocycles. The lowest BCUT2D eigenvalue weighted by atomic mass is 10.0. The Balaban J connectivity index is 2.74. The van der Waals surface area contributed by atoms with E-state index in [0.717, 1.165) is 6.42 Å². The van der Waals surface area contributed by atoms with Crippen LogP contribution in [0.4, 0.5) is 0 Å². The summed E-state index contributed by atoms with van der Waals surface area (Å²) in [4.78, 5) is 2.94. The van der Waals surface area contributed by atoms with Crippen molar-refractivity contribution in [2.45, 2.75) is 33.6 Å². The summed E-state index contributed by atoms with van der Waals surface area (Å²) in [6.45, 7) is 6.69. The fourth-order valence-corrected chi connectivity index (χ4v) is 2.19. The number of nitrogens with zero attached hydrogens (tertiary/aromatic N) is 1. The van der Waals surface area contributed by atoms with Crippen molar-refractivity contribution in [2.24, 2.45) is 11.0 Å². The quantitative estimate of drug-likeness (QED) is 0.488.